The number of phenolic OH excluding ortho intramolecular Hbond substituents is 1. The van der Waals surface area contributed by atoms with Gasteiger partial charge in [0.1, 0.15) is 5.58 Å². The first-order valence-corrected chi connectivity index (χ1v) is 11.1. The first-order valence-electron chi connectivity index (χ1n) is 10.8. The molecule has 6 rings (SSSR count). The minimum absolute atomic E-state index is 0.0254. The molecule has 1 atom stereocenters. The summed E-state index contributed by atoms with van der Waals surface area (Å²) >= 11 is 6.14. The second kappa shape index (κ2) is 7.95. The van der Waals surface area contributed by atoms with E-state index in [1.54, 1.807) is 41.3 Å². The molecule has 35 heavy (non-hydrogen) atoms. The molecule has 2 aliphatic heterocycles. The number of hydrogen-bond acceptors (Lipinski definition) is 7. The summed E-state index contributed by atoms with van der Waals surface area (Å²) in [5, 5.41) is 10.8. The van der Waals surface area contributed by atoms with Crippen LogP contribution in [0.4, 0.5) is 0 Å². The van der Waals surface area contributed by atoms with E-state index in [-0.39, 0.29) is 52.6 Å². The number of fused-ring (bicyclic) bond motifs is 3. The highest BCUT2D eigenvalue weighted by molar-refractivity contribution is 6.31. The number of methoxy groups -OCH3 is 1. The van der Waals surface area contributed by atoms with Gasteiger partial charge in [0.25, 0.3) is 5.91 Å². The van der Waals surface area contributed by atoms with Gasteiger partial charge in [-0.3, -0.25) is 9.59 Å². The number of aromatic hydroxyl groups is 1. The van der Waals surface area contributed by atoms with E-state index in [1.807, 2.05) is 6.07 Å². The van der Waals surface area contributed by atoms with Crippen LogP contribution in [-0.4, -0.2) is 29.8 Å². The third-order valence-electron chi connectivity index (χ3n) is 6.24. The number of carbonyl (C=O) groups is 1. The molecule has 0 saturated carbocycles. The molecule has 4 aromatic rings. The second-order valence-corrected chi connectivity index (χ2v) is 8.71. The zero-order valence-corrected chi connectivity index (χ0v) is 19.2. The third-order valence-corrected chi connectivity index (χ3v) is 6.47. The van der Waals surface area contributed by atoms with Crippen LogP contribution in [-0.2, 0) is 6.54 Å². The standard InChI is InChI=1S/C26H18ClNO7/c1-32-20-9-14(3-5-17(20)29)23-22-24(30)16-10-15(27)4-7-18(16)35-25(22)26(31)28(23)11-13-2-6-19-21(8-13)34-12-33-19/h2-10,23,29H,11-12H2,1H3/t23-/m0/s1. The molecule has 8 nitrogen and oxygen atoms in total. The van der Waals surface area contributed by atoms with Gasteiger partial charge in [0.15, 0.2) is 28.4 Å². The Morgan fingerprint density at radius 1 is 1.06 bits per heavy atom. The zero-order valence-electron chi connectivity index (χ0n) is 18.4. The lowest BCUT2D eigenvalue weighted by atomic mass is 9.97. The van der Waals surface area contributed by atoms with E-state index < -0.39 is 11.9 Å². The van der Waals surface area contributed by atoms with E-state index in [0.29, 0.717) is 22.1 Å². The Kier molecular flexibility index (Phi) is 4.86. The lowest BCUT2D eigenvalue weighted by Gasteiger charge is -2.25. The number of benzene rings is 3. The second-order valence-electron chi connectivity index (χ2n) is 8.27. The van der Waals surface area contributed by atoms with Crippen LogP contribution in [0, 0.1) is 0 Å². The maximum Gasteiger partial charge on any atom is 0.291 e. The number of amides is 1. The lowest BCUT2D eigenvalue weighted by Crippen LogP contribution is -2.29. The molecule has 0 fully saturated rings. The first-order chi connectivity index (χ1) is 16.9. The molecule has 0 bridgehead atoms. The van der Waals surface area contributed by atoms with Crippen molar-refractivity contribution < 1.29 is 28.5 Å². The monoisotopic (exact) mass is 491 g/mol. The maximum absolute atomic E-state index is 13.7. The minimum atomic E-state index is -0.781. The van der Waals surface area contributed by atoms with Crippen molar-refractivity contribution in [3.8, 4) is 23.0 Å². The molecule has 3 aromatic carbocycles. The molecule has 1 N–H and O–H groups in total. The molecule has 0 radical (unpaired) electrons. The first kappa shape index (κ1) is 21.4. The summed E-state index contributed by atoms with van der Waals surface area (Å²) in [7, 11) is 1.43. The summed E-state index contributed by atoms with van der Waals surface area (Å²) in [4.78, 5) is 28.8. The summed E-state index contributed by atoms with van der Waals surface area (Å²) < 4.78 is 22.1. The summed E-state index contributed by atoms with van der Waals surface area (Å²) in [5.41, 5.74) is 1.51. The number of hydrogen-bond donors (Lipinski definition) is 1. The number of carbonyl (C=O) groups excluding carboxylic acids is 1. The lowest BCUT2D eigenvalue weighted by molar-refractivity contribution is 0.0714. The van der Waals surface area contributed by atoms with Crippen LogP contribution in [0.2, 0.25) is 5.02 Å². The highest BCUT2D eigenvalue weighted by Gasteiger charge is 2.43. The number of ether oxygens (including phenoxy) is 3. The fraction of sp³-hybridized carbons (Fsp3) is 0.154. The Morgan fingerprint density at radius 2 is 1.89 bits per heavy atom. The summed E-state index contributed by atoms with van der Waals surface area (Å²) in [6.45, 7) is 0.306. The fourth-order valence-corrected chi connectivity index (χ4v) is 4.77. The van der Waals surface area contributed by atoms with Gasteiger partial charge in [-0.1, -0.05) is 23.7 Å². The molecular formula is C26H18ClNO7. The highest BCUT2D eigenvalue weighted by Crippen LogP contribution is 2.42. The summed E-state index contributed by atoms with van der Waals surface area (Å²) in [5.74, 6) is 0.931. The van der Waals surface area contributed by atoms with Crippen molar-refractivity contribution in [1.82, 2.24) is 4.90 Å². The smallest absolute Gasteiger partial charge is 0.291 e. The van der Waals surface area contributed by atoms with Crippen molar-refractivity contribution in [3.05, 3.63) is 92.3 Å². The van der Waals surface area contributed by atoms with Gasteiger partial charge >= 0.3 is 0 Å². The average Bonchev–Trinajstić information content (AvgIpc) is 3.43. The molecule has 0 spiro atoms. The Labute approximate surface area is 203 Å². The predicted octanol–water partition coefficient (Wildman–Crippen LogP) is 4.63. The van der Waals surface area contributed by atoms with Gasteiger partial charge in [-0.2, -0.15) is 0 Å². The van der Waals surface area contributed by atoms with Crippen LogP contribution in [0.15, 0.2) is 63.8 Å². The van der Waals surface area contributed by atoms with Crippen LogP contribution in [0.3, 0.4) is 0 Å². The summed E-state index contributed by atoms with van der Waals surface area (Å²) in [6.07, 6.45) is 0. The van der Waals surface area contributed by atoms with E-state index >= 15 is 0 Å². The number of phenols is 1. The quantitative estimate of drug-likeness (QED) is 0.444. The number of halogens is 1. The van der Waals surface area contributed by atoms with E-state index in [2.05, 4.69) is 0 Å². The SMILES string of the molecule is COc1cc([C@H]2c3c(oc4ccc(Cl)cc4c3=O)C(=O)N2Cc2ccc3c(c2)OCO3)ccc1O. The van der Waals surface area contributed by atoms with Gasteiger partial charge in [-0.05, 0) is 53.6 Å². The van der Waals surface area contributed by atoms with Gasteiger partial charge in [0, 0.05) is 11.6 Å². The van der Waals surface area contributed by atoms with Crippen molar-refractivity contribution >= 4 is 28.5 Å². The molecular weight excluding hydrogens is 474 g/mol. The van der Waals surface area contributed by atoms with Crippen molar-refractivity contribution in [3.63, 3.8) is 0 Å². The fourth-order valence-electron chi connectivity index (χ4n) is 4.60. The topological polar surface area (TPSA) is 98.4 Å². The third kappa shape index (κ3) is 3.37. The Balaban J connectivity index is 1.54. The molecule has 0 aliphatic carbocycles. The van der Waals surface area contributed by atoms with Gasteiger partial charge in [-0.25, -0.2) is 0 Å². The number of nitrogens with zero attached hydrogens (tertiary/aromatic N) is 1. The maximum atomic E-state index is 13.7. The Morgan fingerprint density at radius 3 is 2.71 bits per heavy atom. The van der Waals surface area contributed by atoms with Crippen LogP contribution in [0.25, 0.3) is 11.0 Å². The molecule has 0 unspecified atom stereocenters. The van der Waals surface area contributed by atoms with Crippen molar-refractivity contribution in [1.29, 1.82) is 0 Å². The number of rotatable bonds is 4. The summed E-state index contributed by atoms with van der Waals surface area (Å²) in [6, 6.07) is 14.1. The van der Waals surface area contributed by atoms with Crippen molar-refractivity contribution in [2.75, 3.05) is 13.9 Å². The molecule has 0 saturated heterocycles. The van der Waals surface area contributed by atoms with Crippen LogP contribution >= 0.6 is 11.6 Å². The molecule has 2 aliphatic rings. The molecule has 3 heterocycles. The van der Waals surface area contributed by atoms with E-state index in [0.717, 1.165) is 5.56 Å². The normalized spacial score (nSPS) is 16.1. The molecule has 1 amide bonds. The van der Waals surface area contributed by atoms with Gasteiger partial charge in [0.2, 0.25) is 12.6 Å². The van der Waals surface area contributed by atoms with Gasteiger partial charge in [-0.15, -0.1) is 0 Å². The molecule has 9 heteroatoms. The van der Waals surface area contributed by atoms with Crippen molar-refractivity contribution in [2.45, 2.75) is 12.6 Å². The van der Waals surface area contributed by atoms with E-state index in [9.17, 15) is 14.7 Å². The zero-order chi connectivity index (χ0) is 24.3. The predicted molar refractivity (Wildman–Crippen MR) is 126 cm³/mol. The highest BCUT2D eigenvalue weighted by atomic mass is 35.5. The Bertz CT molecular complexity index is 1580. The molecule has 1 aromatic heterocycles. The van der Waals surface area contributed by atoms with Gasteiger partial charge < -0.3 is 28.6 Å². The van der Waals surface area contributed by atoms with E-state index in [1.165, 1.54) is 19.2 Å². The largest absolute Gasteiger partial charge is 0.504 e. The van der Waals surface area contributed by atoms with Crippen molar-refractivity contribution in [2.24, 2.45) is 0 Å². The molecule has 176 valence electrons. The van der Waals surface area contributed by atoms with Crippen LogP contribution in [0.1, 0.15) is 33.3 Å². The Hall–Kier alpha value is -4.17. The van der Waals surface area contributed by atoms with E-state index in [4.69, 9.17) is 30.2 Å². The van der Waals surface area contributed by atoms with Gasteiger partial charge in [0.05, 0.1) is 24.1 Å². The average molecular weight is 492 g/mol. The minimum Gasteiger partial charge on any atom is -0.504 e. The van der Waals surface area contributed by atoms with Crippen LogP contribution in [0.5, 0.6) is 23.0 Å². The van der Waals surface area contributed by atoms with Crippen LogP contribution < -0.4 is 19.6 Å².